The molecule has 0 aliphatic heterocycles. The van der Waals surface area contributed by atoms with Crippen LogP contribution < -0.4 is 5.32 Å². The molecule has 27 heavy (non-hydrogen) atoms. The second kappa shape index (κ2) is 7.94. The number of aromatic nitrogens is 2. The van der Waals surface area contributed by atoms with Gasteiger partial charge in [0.2, 0.25) is 0 Å². The minimum atomic E-state index is -4.60. The lowest BCUT2D eigenvalue weighted by molar-refractivity contribution is -0.138. The fraction of sp³-hybridized carbons (Fsp3) is 0.235. The van der Waals surface area contributed by atoms with Gasteiger partial charge in [-0.25, -0.2) is 14.3 Å². The Hall–Kier alpha value is -3.30. The van der Waals surface area contributed by atoms with Crippen molar-refractivity contribution < 1.29 is 32.2 Å². The highest BCUT2D eigenvalue weighted by atomic mass is 19.4. The maximum absolute atomic E-state index is 13.1. The Labute approximate surface area is 152 Å². The fourth-order valence-corrected chi connectivity index (χ4v) is 2.13. The molecular weight excluding hydrogens is 367 g/mol. The van der Waals surface area contributed by atoms with Crippen molar-refractivity contribution in [1.29, 1.82) is 0 Å². The van der Waals surface area contributed by atoms with Crippen molar-refractivity contribution in [2.45, 2.75) is 13.1 Å². The van der Waals surface area contributed by atoms with Crippen LogP contribution in [-0.2, 0) is 25.2 Å². The molecule has 2 aromatic rings. The molecule has 0 saturated heterocycles. The number of aryl methyl sites for hydroxylation is 1. The van der Waals surface area contributed by atoms with Crippen LogP contribution in [0.4, 0.5) is 18.9 Å². The number of benzene rings is 1. The van der Waals surface area contributed by atoms with E-state index in [0.29, 0.717) is 0 Å². The van der Waals surface area contributed by atoms with E-state index in [-0.39, 0.29) is 11.4 Å². The third-order valence-electron chi connectivity index (χ3n) is 3.42. The number of methoxy groups -OCH3 is 2. The van der Waals surface area contributed by atoms with Gasteiger partial charge in [-0.1, -0.05) is 0 Å². The summed E-state index contributed by atoms with van der Waals surface area (Å²) in [6.45, 7) is 1.76. The number of nitrogens with zero attached hydrogens (tertiary/aromatic N) is 2. The first-order valence-electron chi connectivity index (χ1n) is 7.53. The summed E-state index contributed by atoms with van der Waals surface area (Å²) >= 11 is 0. The van der Waals surface area contributed by atoms with Gasteiger partial charge in [0.15, 0.2) is 0 Å². The summed E-state index contributed by atoms with van der Waals surface area (Å²) in [5, 5.41) is 6.56. The minimum Gasteiger partial charge on any atom is -0.466 e. The van der Waals surface area contributed by atoms with E-state index < -0.39 is 29.4 Å². The number of esters is 2. The van der Waals surface area contributed by atoms with Crippen LogP contribution in [-0.4, -0.2) is 35.9 Å². The van der Waals surface area contributed by atoms with E-state index in [1.165, 1.54) is 16.9 Å². The molecular formula is C17H16F3N3O4. The second-order valence-corrected chi connectivity index (χ2v) is 5.39. The number of carbonyl (C=O) groups is 2. The van der Waals surface area contributed by atoms with Crippen molar-refractivity contribution in [2.75, 3.05) is 19.5 Å². The van der Waals surface area contributed by atoms with E-state index in [4.69, 9.17) is 0 Å². The van der Waals surface area contributed by atoms with Crippen LogP contribution in [0.3, 0.4) is 0 Å². The lowest BCUT2D eigenvalue weighted by Gasteiger charge is -2.16. The standard InChI is InChI=1S/C17H16F3N3O4/c1-10-8-21-23(9-10)14-5-4-11(17(18,19)20)6-12(14)22-13(16(25)27-3)7-15(24)26-2/h4-9,22H,1-3H3/b13-7+. The van der Waals surface area contributed by atoms with Crippen molar-refractivity contribution in [1.82, 2.24) is 9.78 Å². The number of nitrogens with one attached hydrogen (secondary N) is 1. The lowest BCUT2D eigenvalue weighted by Crippen LogP contribution is -2.17. The van der Waals surface area contributed by atoms with Crippen LogP contribution in [0.2, 0.25) is 0 Å². The van der Waals surface area contributed by atoms with Crippen molar-refractivity contribution in [3.8, 4) is 5.69 Å². The average molecular weight is 383 g/mol. The SMILES string of the molecule is COC(=O)/C=C(/Nc1cc(C(F)(F)F)ccc1-n1cc(C)cn1)C(=O)OC. The maximum atomic E-state index is 13.1. The number of carbonyl (C=O) groups excluding carboxylic acids is 2. The second-order valence-electron chi connectivity index (χ2n) is 5.39. The van der Waals surface area contributed by atoms with Crippen LogP contribution in [0.1, 0.15) is 11.1 Å². The van der Waals surface area contributed by atoms with Gasteiger partial charge in [0, 0.05) is 6.20 Å². The minimum absolute atomic E-state index is 0.103. The zero-order chi connectivity index (χ0) is 20.2. The number of rotatable bonds is 5. The van der Waals surface area contributed by atoms with Crippen molar-refractivity contribution >= 4 is 17.6 Å². The van der Waals surface area contributed by atoms with Crippen LogP contribution >= 0.6 is 0 Å². The molecule has 0 atom stereocenters. The Morgan fingerprint density at radius 3 is 2.44 bits per heavy atom. The summed E-state index contributed by atoms with van der Waals surface area (Å²) in [6.07, 6.45) is -0.709. The number of anilines is 1. The third-order valence-corrected chi connectivity index (χ3v) is 3.42. The molecule has 2 rings (SSSR count). The highest BCUT2D eigenvalue weighted by Crippen LogP contribution is 2.34. The smallest absolute Gasteiger partial charge is 0.416 e. The number of alkyl halides is 3. The molecule has 0 spiro atoms. The van der Waals surface area contributed by atoms with E-state index in [0.717, 1.165) is 38.0 Å². The predicted octanol–water partition coefficient (Wildman–Crippen LogP) is 2.84. The maximum Gasteiger partial charge on any atom is 0.416 e. The first-order chi connectivity index (χ1) is 12.7. The first-order valence-corrected chi connectivity index (χ1v) is 7.53. The van der Waals surface area contributed by atoms with Gasteiger partial charge in [-0.3, -0.25) is 0 Å². The summed E-state index contributed by atoms with van der Waals surface area (Å²) in [4.78, 5) is 23.4. The predicted molar refractivity (Wildman–Crippen MR) is 89.0 cm³/mol. The molecule has 1 heterocycles. The Kier molecular flexibility index (Phi) is 5.88. The molecule has 0 saturated carbocycles. The lowest BCUT2D eigenvalue weighted by atomic mass is 10.1. The Bertz CT molecular complexity index is 888. The molecule has 0 bridgehead atoms. The van der Waals surface area contributed by atoms with Gasteiger partial charge in [-0.15, -0.1) is 0 Å². The average Bonchev–Trinajstić information content (AvgIpc) is 3.05. The van der Waals surface area contributed by atoms with Crippen molar-refractivity contribution in [3.63, 3.8) is 0 Å². The molecule has 0 unspecified atom stereocenters. The number of halogens is 3. The largest absolute Gasteiger partial charge is 0.466 e. The number of ether oxygens (including phenoxy) is 2. The Morgan fingerprint density at radius 2 is 1.93 bits per heavy atom. The summed E-state index contributed by atoms with van der Waals surface area (Å²) in [5.41, 5.74) is -0.433. The molecule has 1 aromatic carbocycles. The van der Waals surface area contributed by atoms with E-state index in [2.05, 4.69) is 19.9 Å². The molecule has 144 valence electrons. The molecule has 10 heteroatoms. The van der Waals surface area contributed by atoms with E-state index in [9.17, 15) is 22.8 Å². The molecule has 7 nitrogen and oxygen atoms in total. The van der Waals surface area contributed by atoms with Gasteiger partial charge in [0.25, 0.3) is 0 Å². The van der Waals surface area contributed by atoms with Crippen LogP contribution in [0.15, 0.2) is 42.4 Å². The number of hydrogen-bond donors (Lipinski definition) is 1. The van der Waals surface area contributed by atoms with Gasteiger partial charge in [-0.2, -0.15) is 18.3 Å². The van der Waals surface area contributed by atoms with Gasteiger partial charge in [0.05, 0.1) is 43.4 Å². The molecule has 0 amide bonds. The highest BCUT2D eigenvalue weighted by molar-refractivity contribution is 5.99. The van der Waals surface area contributed by atoms with Crippen LogP contribution in [0.5, 0.6) is 0 Å². The monoisotopic (exact) mass is 383 g/mol. The zero-order valence-corrected chi connectivity index (χ0v) is 14.6. The number of hydrogen-bond acceptors (Lipinski definition) is 6. The zero-order valence-electron chi connectivity index (χ0n) is 14.6. The summed E-state index contributed by atoms with van der Waals surface area (Å²) < 4.78 is 49.6. The molecule has 0 aliphatic carbocycles. The first kappa shape index (κ1) is 20.0. The highest BCUT2D eigenvalue weighted by Gasteiger charge is 2.31. The third kappa shape index (κ3) is 4.87. The van der Waals surface area contributed by atoms with E-state index >= 15 is 0 Å². The van der Waals surface area contributed by atoms with E-state index in [1.807, 2.05) is 0 Å². The van der Waals surface area contributed by atoms with Crippen molar-refractivity contribution in [2.24, 2.45) is 0 Å². The quantitative estimate of drug-likeness (QED) is 0.632. The van der Waals surface area contributed by atoms with Gasteiger partial charge < -0.3 is 14.8 Å². The van der Waals surface area contributed by atoms with Gasteiger partial charge >= 0.3 is 18.1 Å². The molecule has 0 fully saturated rings. The Balaban J connectivity index is 2.58. The molecule has 0 aliphatic rings. The summed E-state index contributed by atoms with van der Waals surface area (Å²) in [5.74, 6) is -1.84. The van der Waals surface area contributed by atoms with Gasteiger partial charge in [0.1, 0.15) is 5.70 Å². The molecule has 0 radical (unpaired) electrons. The van der Waals surface area contributed by atoms with E-state index in [1.54, 1.807) is 13.1 Å². The van der Waals surface area contributed by atoms with Crippen molar-refractivity contribution in [3.05, 3.63) is 53.5 Å². The van der Waals surface area contributed by atoms with Crippen LogP contribution in [0, 0.1) is 6.92 Å². The normalized spacial score (nSPS) is 11.9. The topological polar surface area (TPSA) is 82.5 Å². The summed E-state index contributed by atoms with van der Waals surface area (Å²) in [7, 11) is 2.16. The van der Waals surface area contributed by atoms with Crippen LogP contribution in [0.25, 0.3) is 5.69 Å². The molecule has 1 N–H and O–H groups in total. The van der Waals surface area contributed by atoms with Gasteiger partial charge in [-0.05, 0) is 30.7 Å². The molecule has 1 aromatic heterocycles. The Morgan fingerprint density at radius 1 is 1.22 bits per heavy atom. The summed E-state index contributed by atoms with van der Waals surface area (Å²) in [6, 6.07) is 2.89. The fourth-order valence-electron chi connectivity index (χ4n) is 2.13.